The fraction of sp³-hybridized carbons (Fsp3) is 0.391. The minimum atomic E-state index is 0.422. The van der Waals surface area contributed by atoms with E-state index in [0.29, 0.717) is 30.1 Å². The number of thioether (sulfide) groups is 1. The second-order valence-electron chi connectivity index (χ2n) is 7.93. The van der Waals surface area contributed by atoms with E-state index in [1.165, 1.54) is 19.3 Å². The highest BCUT2D eigenvalue weighted by Crippen LogP contribution is 2.34. The van der Waals surface area contributed by atoms with Crippen LogP contribution in [0, 0.1) is 0 Å². The van der Waals surface area contributed by atoms with Crippen molar-refractivity contribution >= 4 is 28.8 Å². The smallest absolute Gasteiger partial charge is 0.268 e. The molecular formula is C23H26N6O2S2. The lowest BCUT2D eigenvalue weighted by molar-refractivity contribution is 0.330. The summed E-state index contributed by atoms with van der Waals surface area (Å²) in [4.78, 5) is 5.52. The Bertz CT molecular complexity index is 1170. The van der Waals surface area contributed by atoms with Crippen LogP contribution in [0.2, 0.25) is 0 Å². The monoisotopic (exact) mass is 482 g/mol. The van der Waals surface area contributed by atoms with E-state index in [1.54, 1.807) is 30.2 Å². The first-order valence-corrected chi connectivity index (χ1v) is 13.0. The van der Waals surface area contributed by atoms with Crippen molar-refractivity contribution in [2.45, 2.75) is 55.6 Å². The van der Waals surface area contributed by atoms with Crippen molar-refractivity contribution in [3.05, 3.63) is 53.4 Å². The van der Waals surface area contributed by atoms with Gasteiger partial charge in [-0.2, -0.15) is 4.98 Å². The lowest BCUT2D eigenvalue weighted by Crippen LogP contribution is -2.18. The number of nitrogens with one attached hydrogen (secondary N) is 1. The fourth-order valence-electron chi connectivity index (χ4n) is 4.09. The lowest BCUT2D eigenvalue weighted by atomic mass is 9.95. The van der Waals surface area contributed by atoms with Crippen LogP contribution in [-0.2, 0) is 12.3 Å². The van der Waals surface area contributed by atoms with Gasteiger partial charge in [0.1, 0.15) is 5.75 Å². The van der Waals surface area contributed by atoms with Crippen LogP contribution in [0.15, 0.2) is 51.5 Å². The Balaban J connectivity index is 1.31. The molecule has 1 aromatic carbocycles. The number of rotatable bonds is 9. The number of ether oxygens (including phenoxy) is 1. The molecule has 0 saturated heterocycles. The van der Waals surface area contributed by atoms with Crippen LogP contribution in [0.4, 0.5) is 5.69 Å². The first kappa shape index (κ1) is 22.0. The minimum absolute atomic E-state index is 0.422. The summed E-state index contributed by atoms with van der Waals surface area (Å²) in [5, 5.41) is 19.6. The molecule has 0 spiro atoms. The number of anilines is 1. The number of thiophene rings is 1. The van der Waals surface area contributed by atoms with E-state index >= 15 is 0 Å². The van der Waals surface area contributed by atoms with E-state index in [4.69, 9.17) is 9.26 Å². The Labute approximate surface area is 200 Å². The summed E-state index contributed by atoms with van der Waals surface area (Å²) in [6.45, 7) is 0.599. The molecule has 1 aliphatic rings. The number of hydrogen-bond donors (Lipinski definition) is 1. The number of aromatic nitrogens is 5. The molecular weight excluding hydrogens is 456 g/mol. The molecule has 1 aliphatic carbocycles. The third kappa shape index (κ3) is 5.22. The van der Waals surface area contributed by atoms with E-state index in [9.17, 15) is 0 Å². The molecule has 10 heteroatoms. The average Bonchev–Trinajstić information content (AvgIpc) is 3.63. The van der Waals surface area contributed by atoms with Gasteiger partial charge in [0.05, 0.1) is 24.3 Å². The standard InChI is InChI=1S/C23H26N6O2S2/c1-30-18-10-5-7-16(13-18)24-14-21-26-27-23(29(21)17-8-3-2-4-9-17)33-15-20-25-22(31-28-20)19-11-6-12-32-19/h5-7,10-13,17,24H,2-4,8-9,14-15H2,1H3. The first-order valence-electron chi connectivity index (χ1n) is 11.1. The van der Waals surface area contributed by atoms with Crippen molar-refractivity contribution < 1.29 is 9.26 Å². The van der Waals surface area contributed by atoms with Gasteiger partial charge < -0.3 is 19.1 Å². The maximum atomic E-state index is 5.43. The van der Waals surface area contributed by atoms with Gasteiger partial charge in [-0.15, -0.1) is 21.5 Å². The molecule has 3 heterocycles. The molecule has 0 radical (unpaired) electrons. The summed E-state index contributed by atoms with van der Waals surface area (Å²) < 4.78 is 13.1. The van der Waals surface area contributed by atoms with Crippen LogP contribution in [-0.4, -0.2) is 32.0 Å². The zero-order valence-corrected chi connectivity index (χ0v) is 20.1. The molecule has 0 bridgehead atoms. The van der Waals surface area contributed by atoms with Crippen LogP contribution in [0.25, 0.3) is 10.8 Å². The molecule has 8 nitrogen and oxygen atoms in total. The van der Waals surface area contributed by atoms with Crippen LogP contribution in [0.5, 0.6) is 5.75 Å². The van der Waals surface area contributed by atoms with E-state index in [-0.39, 0.29) is 0 Å². The van der Waals surface area contributed by atoms with Gasteiger partial charge in [-0.1, -0.05) is 48.3 Å². The lowest BCUT2D eigenvalue weighted by Gasteiger charge is -2.25. The average molecular weight is 483 g/mol. The van der Waals surface area contributed by atoms with Crippen molar-refractivity contribution in [2.75, 3.05) is 12.4 Å². The van der Waals surface area contributed by atoms with Crippen LogP contribution in [0.3, 0.4) is 0 Å². The Morgan fingerprint density at radius 1 is 1.18 bits per heavy atom. The molecule has 1 N–H and O–H groups in total. The largest absolute Gasteiger partial charge is 0.497 e. The molecule has 33 heavy (non-hydrogen) atoms. The van der Waals surface area contributed by atoms with Crippen LogP contribution < -0.4 is 10.1 Å². The Morgan fingerprint density at radius 3 is 2.91 bits per heavy atom. The van der Waals surface area contributed by atoms with Crippen LogP contribution in [0.1, 0.15) is 49.8 Å². The van der Waals surface area contributed by atoms with Crippen LogP contribution >= 0.6 is 23.1 Å². The zero-order chi connectivity index (χ0) is 22.5. The van der Waals surface area contributed by atoms with E-state index in [1.807, 2.05) is 41.8 Å². The predicted octanol–water partition coefficient (Wildman–Crippen LogP) is 5.81. The molecule has 1 fully saturated rings. The predicted molar refractivity (Wildman–Crippen MR) is 130 cm³/mol. The summed E-state index contributed by atoms with van der Waals surface area (Å²) in [6, 6.07) is 12.3. The van der Waals surface area contributed by atoms with Gasteiger partial charge in [0.25, 0.3) is 5.89 Å². The SMILES string of the molecule is COc1cccc(NCc2nnc(SCc3noc(-c4cccs4)n3)n2C2CCCCC2)c1. The summed E-state index contributed by atoms with van der Waals surface area (Å²) in [7, 11) is 1.68. The molecule has 172 valence electrons. The minimum Gasteiger partial charge on any atom is -0.497 e. The second-order valence-corrected chi connectivity index (χ2v) is 9.82. The number of hydrogen-bond acceptors (Lipinski definition) is 9. The zero-order valence-electron chi connectivity index (χ0n) is 18.4. The van der Waals surface area contributed by atoms with Crippen molar-refractivity contribution in [1.82, 2.24) is 24.9 Å². The van der Waals surface area contributed by atoms with Gasteiger partial charge >= 0.3 is 0 Å². The van der Waals surface area contributed by atoms with Crippen molar-refractivity contribution in [3.8, 4) is 16.5 Å². The molecule has 5 rings (SSSR count). The molecule has 0 unspecified atom stereocenters. The number of nitrogens with zero attached hydrogens (tertiary/aromatic N) is 5. The van der Waals surface area contributed by atoms with E-state index < -0.39 is 0 Å². The fourth-order valence-corrected chi connectivity index (χ4v) is 5.60. The van der Waals surface area contributed by atoms with Crippen molar-refractivity contribution in [2.24, 2.45) is 0 Å². The third-order valence-corrected chi connectivity index (χ3v) is 7.52. The Morgan fingerprint density at radius 2 is 2.09 bits per heavy atom. The maximum Gasteiger partial charge on any atom is 0.268 e. The topological polar surface area (TPSA) is 90.9 Å². The Kier molecular flexibility index (Phi) is 6.92. The summed E-state index contributed by atoms with van der Waals surface area (Å²) >= 11 is 3.20. The summed E-state index contributed by atoms with van der Waals surface area (Å²) in [5.41, 5.74) is 0.995. The number of benzene rings is 1. The summed E-state index contributed by atoms with van der Waals surface area (Å²) in [6.07, 6.45) is 6.09. The van der Waals surface area contributed by atoms with Gasteiger partial charge in [-0.3, -0.25) is 0 Å². The first-order chi connectivity index (χ1) is 16.3. The maximum absolute atomic E-state index is 5.43. The molecule has 4 aromatic rings. The number of methoxy groups -OCH3 is 1. The highest BCUT2D eigenvalue weighted by Gasteiger charge is 2.23. The van der Waals surface area contributed by atoms with Gasteiger partial charge in [0.2, 0.25) is 0 Å². The normalized spacial score (nSPS) is 14.5. The molecule has 0 atom stereocenters. The van der Waals surface area contributed by atoms with E-state index in [0.717, 1.165) is 40.1 Å². The molecule has 0 aliphatic heterocycles. The highest BCUT2D eigenvalue weighted by atomic mass is 32.2. The second kappa shape index (κ2) is 10.4. The third-order valence-electron chi connectivity index (χ3n) is 5.73. The van der Waals surface area contributed by atoms with E-state index in [2.05, 4.69) is 30.2 Å². The molecule has 1 saturated carbocycles. The van der Waals surface area contributed by atoms with Gasteiger partial charge in [-0.05, 0) is 36.4 Å². The van der Waals surface area contributed by atoms with Crippen molar-refractivity contribution in [1.29, 1.82) is 0 Å². The van der Waals surface area contributed by atoms with Gasteiger partial charge in [-0.25, -0.2) is 0 Å². The molecule has 0 amide bonds. The summed E-state index contributed by atoms with van der Waals surface area (Å²) in [5.74, 6) is 3.59. The van der Waals surface area contributed by atoms with Gasteiger partial charge in [0, 0.05) is 17.8 Å². The quantitative estimate of drug-likeness (QED) is 0.299. The van der Waals surface area contributed by atoms with Crippen molar-refractivity contribution in [3.63, 3.8) is 0 Å². The van der Waals surface area contributed by atoms with Gasteiger partial charge in [0.15, 0.2) is 16.8 Å². The Hall–Kier alpha value is -2.85. The molecule has 3 aromatic heterocycles. The highest BCUT2D eigenvalue weighted by molar-refractivity contribution is 7.98.